The molecule has 2 aromatic carbocycles. The fourth-order valence-corrected chi connectivity index (χ4v) is 3.87. The van der Waals surface area contributed by atoms with E-state index in [1.165, 1.54) is 0 Å². The molecule has 2 heterocycles. The Kier molecular flexibility index (Phi) is 6.42. The van der Waals surface area contributed by atoms with Crippen LogP contribution in [0.25, 0.3) is 11.8 Å². The van der Waals surface area contributed by atoms with Gasteiger partial charge in [-0.25, -0.2) is 0 Å². The Morgan fingerprint density at radius 2 is 1.81 bits per heavy atom. The summed E-state index contributed by atoms with van der Waals surface area (Å²) < 4.78 is 10.5. The summed E-state index contributed by atoms with van der Waals surface area (Å²) >= 11 is 3.58. The molecule has 0 radical (unpaired) electrons. The average molecular weight is 490 g/mol. The third-order valence-corrected chi connectivity index (χ3v) is 6.55. The van der Waals surface area contributed by atoms with Crippen LogP contribution in [0.3, 0.4) is 0 Å². The van der Waals surface area contributed by atoms with Crippen LogP contribution in [0.1, 0.15) is 32.9 Å². The first-order valence-corrected chi connectivity index (χ1v) is 11.1. The summed E-state index contributed by atoms with van der Waals surface area (Å²) in [6.07, 6.45) is 7.39. The number of carbonyl (C=O) groups is 1. The minimum Gasteiger partial charge on any atom is -0.496 e. The molecule has 0 aliphatic rings. The number of carbonyl (C=O) groups excluding carboxylic acids is 1. The van der Waals surface area contributed by atoms with Gasteiger partial charge in [-0.3, -0.25) is 9.48 Å². The lowest BCUT2D eigenvalue weighted by Crippen LogP contribution is -2.06. The molecule has 0 atom stereocenters. The molecule has 5 nitrogen and oxygen atoms in total. The van der Waals surface area contributed by atoms with Gasteiger partial charge in [-0.15, -0.1) is 0 Å². The van der Waals surface area contributed by atoms with Gasteiger partial charge < -0.3 is 9.30 Å². The number of methoxy groups -OCH3 is 1. The van der Waals surface area contributed by atoms with Crippen LogP contribution in [0.15, 0.2) is 77.5 Å². The van der Waals surface area contributed by atoms with Gasteiger partial charge in [-0.1, -0.05) is 12.1 Å². The monoisotopic (exact) mass is 489 g/mol. The topological polar surface area (TPSA) is 49.0 Å². The molecule has 4 rings (SSSR count). The van der Waals surface area contributed by atoms with E-state index >= 15 is 0 Å². The lowest BCUT2D eigenvalue weighted by atomic mass is 10.1. The number of hydrogen-bond acceptors (Lipinski definition) is 3. The number of rotatable bonds is 7. The van der Waals surface area contributed by atoms with Crippen LogP contribution in [0.5, 0.6) is 5.75 Å². The molecule has 0 aliphatic carbocycles. The molecule has 0 N–H and O–H groups in total. The van der Waals surface area contributed by atoms with E-state index in [4.69, 9.17) is 4.74 Å². The van der Waals surface area contributed by atoms with Gasteiger partial charge in [0.15, 0.2) is 5.78 Å². The number of nitrogens with zero attached hydrogens (tertiary/aromatic N) is 3. The van der Waals surface area contributed by atoms with Crippen LogP contribution < -0.4 is 4.74 Å². The van der Waals surface area contributed by atoms with Crippen LogP contribution in [-0.4, -0.2) is 27.2 Å². The Morgan fingerprint density at radius 3 is 2.44 bits per heavy atom. The summed E-state index contributed by atoms with van der Waals surface area (Å²) in [4.78, 5) is 12.7. The summed E-state index contributed by atoms with van der Waals surface area (Å²) in [5.74, 6) is 0.752. The van der Waals surface area contributed by atoms with E-state index in [0.717, 1.165) is 38.4 Å². The van der Waals surface area contributed by atoms with Crippen molar-refractivity contribution in [3.63, 3.8) is 0 Å². The van der Waals surface area contributed by atoms with Crippen LogP contribution >= 0.6 is 15.9 Å². The van der Waals surface area contributed by atoms with Crippen LogP contribution in [-0.2, 0) is 6.54 Å². The molecule has 162 valence electrons. The van der Waals surface area contributed by atoms with Crippen molar-refractivity contribution in [2.45, 2.75) is 20.4 Å². The quantitative estimate of drug-likeness (QED) is 0.236. The first-order chi connectivity index (χ1) is 15.5. The molecule has 0 saturated heterocycles. The molecule has 32 heavy (non-hydrogen) atoms. The Hall–Kier alpha value is -3.38. The SMILES string of the molecule is COc1ccc(/C=C/C(=O)c2ccc(-n3cccc3)cc2)cc1Cn1nc(C)c(Br)c1C. The van der Waals surface area contributed by atoms with Crippen LogP contribution in [0, 0.1) is 13.8 Å². The normalized spacial score (nSPS) is 11.2. The van der Waals surface area contributed by atoms with Gasteiger partial charge in [-0.2, -0.15) is 5.10 Å². The van der Waals surface area contributed by atoms with E-state index in [9.17, 15) is 4.79 Å². The van der Waals surface area contributed by atoms with Gasteiger partial charge in [0.2, 0.25) is 0 Å². The first-order valence-electron chi connectivity index (χ1n) is 10.3. The number of allylic oxidation sites excluding steroid dienone is 1. The largest absolute Gasteiger partial charge is 0.496 e. The molecule has 0 unspecified atom stereocenters. The van der Waals surface area contributed by atoms with Gasteiger partial charge in [-0.05, 0) is 89.9 Å². The molecule has 0 amide bonds. The molecular formula is C26H24BrN3O2. The third-order valence-electron chi connectivity index (χ3n) is 5.40. The van der Waals surface area contributed by atoms with E-state index in [1.54, 1.807) is 13.2 Å². The minimum atomic E-state index is -0.0381. The summed E-state index contributed by atoms with van der Waals surface area (Å²) in [6, 6.07) is 17.4. The summed E-state index contributed by atoms with van der Waals surface area (Å²) in [5, 5.41) is 4.59. The maximum atomic E-state index is 12.7. The summed E-state index contributed by atoms with van der Waals surface area (Å²) in [7, 11) is 1.66. The maximum absolute atomic E-state index is 12.7. The van der Waals surface area contributed by atoms with Crippen molar-refractivity contribution in [3.05, 3.63) is 106 Å². The molecule has 0 fully saturated rings. The Bertz CT molecular complexity index is 1270. The van der Waals surface area contributed by atoms with E-state index in [-0.39, 0.29) is 5.78 Å². The standard InChI is InChI=1S/C26H24BrN3O2/c1-18-26(27)19(2)30(28-18)17-22-16-20(7-13-25(22)32-3)6-12-24(31)21-8-10-23(11-9-21)29-14-4-5-15-29/h4-16H,17H2,1-3H3/b12-6+. The van der Waals surface area contributed by atoms with Gasteiger partial charge in [0.1, 0.15) is 5.75 Å². The highest BCUT2D eigenvalue weighted by molar-refractivity contribution is 9.10. The second-order valence-electron chi connectivity index (χ2n) is 7.55. The van der Waals surface area contributed by atoms with E-state index in [1.807, 2.05) is 96.2 Å². The van der Waals surface area contributed by atoms with E-state index in [0.29, 0.717) is 12.1 Å². The predicted molar refractivity (Wildman–Crippen MR) is 131 cm³/mol. The van der Waals surface area contributed by atoms with Crippen LogP contribution in [0.4, 0.5) is 0 Å². The molecule has 0 bridgehead atoms. The second-order valence-corrected chi connectivity index (χ2v) is 8.34. The molecular weight excluding hydrogens is 466 g/mol. The van der Waals surface area contributed by atoms with Crippen molar-refractivity contribution < 1.29 is 9.53 Å². The zero-order valence-electron chi connectivity index (χ0n) is 18.2. The van der Waals surface area contributed by atoms with Gasteiger partial charge in [0, 0.05) is 29.2 Å². The average Bonchev–Trinajstić information content (AvgIpc) is 3.43. The molecule has 0 aliphatic heterocycles. The van der Waals surface area contributed by atoms with Crippen molar-refractivity contribution in [1.29, 1.82) is 0 Å². The van der Waals surface area contributed by atoms with Crippen molar-refractivity contribution in [2.24, 2.45) is 0 Å². The fraction of sp³-hybridized carbons (Fsp3) is 0.154. The van der Waals surface area contributed by atoms with Gasteiger partial charge >= 0.3 is 0 Å². The Labute approximate surface area is 196 Å². The number of benzene rings is 2. The molecule has 0 saturated carbocycles. The number of ether oxygens (including phenoxy) is 1. The smallest absolute Gasteiger partial charge is 0.185 e. The Balaban J connectivity index is 1.52. The number of aromatic nitrogens is 3. The molecule has 0 spiro atoms. The second kappa shape index (κ2) is 9.40. The zero-order valence-corrected chi connectivity index (χ0v) is 19.8. The van der Waals surface area contributed by atoms with Gasteiger partial charge in [0.05, 0.1) is 29.5 Å². The highest BCUT2D eigenvalue weighted by atomic mass is 79.9. The highest BCUT2D eigenvalue weighted by Gasteiger charge is 2.12. The van der Waals surface area contributed by atoms with Crippen molar-refractivity contribution in [2.75, 3.05) is 7.11 Å². The van der Waals surface area contributed by atoms with Crippen molar-refractivity contribution in [3.8, 4) is 11.4 Å². The maximum Gasteiger partial charge on any atom is 0.185 e. The molecule has 6 heteroatoms. The van der Waals surface area contributed by atoms with Crippen molar-refractivity contribution >= 4 is 27.8 Å². The van der Waals surface area contributed by atoms with Crippen molar-refractivity contribution in [1.82, 2.24) is 14.3 Å². The van der Waals surface area contributed by atoms with E-state index in [2.05, 4.69) is 21.0 Å². The first kappa shape index (κ1) is 21.8. The van der Waals surface area contributed by atoms with Crippen LogP contribution in [0.2, 0.25) is 0 Å². The fourth-order valence-electron chi connectivity index (χ4n) is 3.59. The minimum absolute atomic E-state index is 0.0381. The summed E-state index contributed by atoms with van der Waals surface area (Å²) in [5.41, 5.74) is 5.61. The van der Waals surface area contributed by atoms with Gasteiger partial charge in [0.25, 0.3) is 0 Å². The summed E-state index contributed by atoms with van der Waals surface area (Å²) in [6.45, 7) is 4.58. The van der Waals surface area contributed by atoms with E-state index < -0.39 is 0 Å². The highest BCUT2D eigenvalue weighted by Crippen LogP contribution is 2.25. The number of hydrogen-bond donors (Lipinski definition) is 0. The number of halogens is 1. The lowest BCUT2D eigenvalue weighted by Gasteiger charge is -2.11. The number of ketones is 1. The third kappa shape index (κ3) is 4.60. The number of aryl methyl sites for hydroxylation is 1. The molecule has 2 aromatic heterocycles. The molecule has 4 aromatic rings. The Morgan fingerprint density at radius 1 is 1.09 bits per heavy atom. The lowest BCUT2D eigenvalue weighted by molar-refractivity contribution is 0.104. The zero-order chi connectivity index (χ0) is 22.7. The predicted octanol–water partition coefficient (Wildman–Crippen LogP) is 6.01.